The van der Waals surface area contributed by atoms with Gasteiger partial charge in [0.15, 0.2) is 46.1 Å². The lowest BCUT2D eigenvalue weighted by atomic mass is 10.1. The van der Waals surface area contributed by atoms with Gasteiger partial charge in [-0.25, -0.2) is 37.5 Å². The van der Waals surface area contributed by atoms with Crippen LogP contribution in [0.1, 0.15) is 20.7 Å². The van der Waals surface area contributed by atoms with E-state index in [0.29, 0.717) is 80.9 Å². The summed E-state index contributed by atoms with van der Waals surface area (Å²) in [6, 6.07) is 25.5. The highest BCUT2D eigenvalue weighted by molar-refractivity contribution is 6.06. The normalized spacial score (nSPS) is 12.1. The third-order valence-corrected chi connectivity index (χ3v) is 12.8. The second kappa shape index (κ2) is 23.5. The van der Waals surface area contributed by atoms with Crippen molar-refractivity contribution in [2.45, 2.75) is 0 Å². The van der Waals surface area contributed by atoms with E-state index in [0.717, 1.165) is 12.1 Å². The summed E-state index contributed by atoms with van der Waals surface area (Å²) in [6.45, 7) is 1.19. The molecule has 2 aliphatic rings. The van der Waals surface area contributed by atoms with Gasteiger partial charge in [0.25, 0.3) is 22.9 Å². The number of benzene rings is 6. The Labute approximate surface area is 471 Å². The molecule has 0 aliphatic carbocycles. The van der Waals surface area contributed by atoms with Crippen molar-refractivity contribution >= 4 is 45.0 Å². The lowest BCUT2D eigenvalue weighted by Gasteiger charge is -2.22. The number of ether oxygens (including phenoxy) is 9. The molecule has 84 heavy (non-hydrogen) atoms. The summed E-state index contributed by atoms with van der Waals surface area (Å²) in [5, 5.41) is 5.77. The minimum Gasteiger partial charge on any atom is -0.496 e. The Kier molecular flexibility index (Phi) is 15.3. The summed E-state index contributed by atoms with van der Waals surface area (Å²) in [7, 11) is 4.29. The smallest absolute Gasteiger partial charge is 0.271 e. The van der Waals surface area contributed by atoms with Gasteiger partial charge in [-0.2, -0.15) is 0 Å². The van der Waals surface area contributed by atoms with E-state index >= 15 is 8.78 Å². The molecular formula is C59H42F4N8O13. The SMILES string of the molecule is COc1cc2ncnc(Oc3ccc(NC(=O)c4c(OC)ccn(-c5ccc(F)cc5)c4=O)cc3F)c2c2c1OCCO2.COc1cc2ncnc(Oc3ccc(NC(=O)c4cccn(-c5ccc(F)cc5)c4=O)cc3F)c2c2c1OCCO2. The minimum atomic E-state index is -0.842. The van der Waals surface area contributed by atoms with Crippen LogP contribution in [0.5, 0.6) is 63.5 Å². The molecule has 2 aliphatic heterocycles. The fourth-order valence-corrected chi connectivity index (χ4v) is 8.92. The monoisotopic (exact) mass is 1150 g/mol. The van der Waals surface area contributed by atoms with E-state index in [-0.39, 0.29) is 64.7 Å². The quantitative estimate of drug-likeness (QED) is 0.102. The van der Waals surface area contributed by atoms with Gasteiger partial charge in [-0.1, -0.05) is 0 Å². The zero-order valence-corrected chi connectivity index (χ0v) is 44.1. The highest BCUT2D eigenvalue weighted by atomic mass is 19.1. The maximum Gasteiger partial charge on any atom is 0.271 e. The van der Waals surface area contributed by atoms with Gasteiger partial charge in [0.05, 0.1) is 32.4 Å². The van der Waals surface area contributed by atoms with Crippen molar-refractivity contribution in [2.75, 3.05) is 58.4 Å². The van der Waals surface area contributed by atoms with Crippen molar-refractivity contribution in [3.8, 4) is 74.9 Å². The summed E-state index contributed by atoms with van der Waals surface area (Å²) < 4.78 is 110. The first-order valence-electron chi connectivity index (χ1n) is 25.1. The van der Waals surface area contributed by atoms with Crippen LogP contribution in [0.3, 0.4) is 0 Å². The van der Waals surface area contributed by atoms with Crippen molar-refractivity contribution in [1.29, 1.82) is 0 Å². The largest absolute Gasteiger partial charge is 0.496 e. The molecule has 2 N–H and O–H groups in total. The molecule has 0 spiro atoms. The molecule has 12 rings (SSSR count). The third-order valence-electron chi connectivity index (χ3n) is 12.8. The standard InChI is InChI=1S/C30H22F2N4O7.C29H20F2N4O6/c1-39-22-9-10-36(18-6-3-16(31)4-7-18)30(38)25(22)28(37)35-17-5-8-21(19(32)13-17)43-29-24-20(33-15-34-29)14-23(40-2)26-27(24)42-12-11-41-26;1-38-23-14-21-24(26-25(23)39-11-12-40-26)28(33-15-32-21)41-22-9-6-17(13-20(22)31)34-27(36)19-3-2-10-35(29(19)37)18-7-4-16(30)5-8-18/h3-10,13-15H,11-12H2,1-2H3,(H,35,37);2-10,13-15H,11-12H2,1H3,(H,34,36). The Balaban J connectivity index is 0.000000176. The number of carbonyl (C=O) groups is 2. The molecule has 0 radical (unpaired) electrons. The molecule has 0 unspecified atom stereocenters. The number of rotatable bonds is 13. The number of aromatic nitrogens is 6. The molecule has 10 aromatic rings. The van der Waals surface area contributed by atoms with E-state index < -0.39 is 46.2 Å². The van der Waals surface area contributed by atoms with Gasteiger partial charge in [-0.15, -0.1) is 0 Å². The number of pyridine rings is 2. The van der Waals surface area contributed by atoms with Gasteiger partial charge in [-0.05, 0) is 91.0 Å². The van der Waals surface area contributed by atoms with E-state index in [1.54, 1.807) is 12.1 Å². The van der Waals surface area contributed by atoms with Gasteiger partial charge >= 0.3 is 0 Å². The molecule has 424 valence electrons. The van der Waals surface area contributed by atoms with Crippen LogP contribution in [-0.2, 0) is 0 Å². The number of amides is 2. The highest BCUT2D eigenvalue weighted by Crippen LogP contribution is 2.49. The van der Waals surface area contributed by atoms with Crippen LogP contribution in [0.2, 0.25) is 0 Å². The van der Waals surface area contributed by atoms with Gasteiger partial charge in [0, 0.05) is 59.4 Å². The van der Waals surface area contributed by atoms with Crippen molar-refractivity contribution in [3.05, 3.63) is 195 Å². The lowest BCUT2D eigenvalue weighted by Crippen LogP contribution is -2.29. The van der Waals surface area contributed by atoms with E-state index in [2.05, 4.69) is 30.6 Å². The number of nitrogens with one attached hydrogen (secondary N) is 2. The number of nitrogens with zero attached hydrogens (tertiary/aromatic N) is 6. The van der Waals surface area contributed by atoms with Crippen molar-refractivity contribution < 1.29 is 69.8 Å². The second-order valence-corrected chi connectivity index (χ2v) is 17.9. The Morgan fingerprint density at radius 3 is 1.40 bits per heavy atom. The Morgan fingerprint density at radius 1 is 0.488 bits per heavy atom. The number of hydrogen-bond donors (Lipinski definition) is 2. The first-order valence-corrected chi connectivity index (χ1v) is 25.1. The number of fused-ring (bicyclic) bond motifs is 6. The van der Waals surface area contributed by atoms with E-state index in [1.807, 2.05) is 0 Å². The topological polar surface area (TPSA) is 237 Å². The van der Waals surface area contributed by atoms with E-state index in [4.69, 9.17) is 42.6 Å². The minimum absolute atomic E-state index is 0.00286. The molecule has 4 aromatic heterocycles. The van der Waals surface area contributed by atoms with Gasteiger partial charge < -0.3 is 53.3 Å². The van der Waals surface area contributed by atoms with Crippen molar-refractivity contribution in [2.24, 2.45) is 0 Å². The fraction of sp³-hybridized carbons (Fsp3) is 0.119. The third kappa shape index (κ3) is 10.9. The van der Waals surface area contributed by atoms with Crippen LogP contribution >= 0.6 is 0 Å². The van der Waals surface area contributed by atoms with Crippen LogP contribution in [0, 0.1) is 23.3 Å². The second-order valence-electron chi connectivity index (χ2n) is 17.9. The van der Waals surface area contributed by atoms with Crippen LogP contribution in [0.15, 0.2) is 150 Å². The van der Waals surface area contributed by atoms with E-state index in [1.165, 1.54) is 147 Å². The Bertz CT molecular complexity index is 4340. The van der Waals surface area contributed by atoms with Gasteiger partial charge in [0.1, 0.15) is 78.4 Å². The Morgan fingerprint density at radius 2 is 0.940 bits per heavy atom. The van der Waals surface area contributed by atoms with Crippen LogP contribution in [0.4, 0.5) is 28.9 Å². The van der Waals surface area contributed by atoms with Crippen LogP contribution in [-0.4, -0.2) is 88.6 Å². The average molecular weight is 1150 g/mol. The molecule has 21 nitrogen and oxygen atoms in total. The molecule has 0 saturated carbocycles. The zero-order valence-electron chi connectivity index (χ0n) is 44.1. The molecular weight excluding hydrogens is 1100 g/mol. The highest BCUT2D eigenvalue weighted by Gasteiger charge is 2.28. The van der Waals surface area contributed by atoms with E-state index in [9.17, 15) is 28.0 Å². The zero-order chi connectivity index (χ0) is 58.6. The van der Waals surface area contributed by atoms with Crippen LogP contribution < -0.4 is 64.4 Å². The molecule has 25 heteroatoms. The predicted molar refractivity (Wildman–Crippen MR) is 294 cm³/mol. The molecule has 0 atom stereocenters. The maximum atomic E-state index is 15.3. The number of anilines is 2. The van der Waals surface area contributed by atoms with Crippen molar-refractivity contribution in [3.63, 3.8) is 0 Å². The summed E-state index contributed by atoms with van der Waals surface area (Å²) in [4.78, 5) is 69.1. The van der Waals surface area contributed by atoms with Gasteiger partial charge in [-0.3, -0.25) is 28.3 Å². The fourth-order valence-electron chi connectivity index (χ4n) is 8.92. The van der Waals surface area contributed by atoms with Crippen LogP contribution in [0.25, 0.3) is 33.2 Å². The number of carbonyl (C=O) groups excluding carboxylic acids is 2. The molecule has 6 aromatic carbocycles. The summed E-state index contributed by atoms with van der Waals surface area (Å²) in [5.74, 6) is -2.30. The maximum absolute atomic E-state index is 15.3. The Hall–Kier alpha value is -11.2. The van der Waals surface area contributed by atoms with Gasteiger partial charge in [0.2, 0.25) is 23.3 Å². The molecule has 2 amide bonds. The number of hydrogen-bond acceptors (Lipinski definition) is 17. The molecule has 0 saturated heterocycles. The van der Waals surface area contributed by atoms with Crippen molar-refractivity contribution in [1.82, 2.24) is 29.1 Å². The summed E-state index contributed by atoms with van der Waals surface area (Å²) in [5.41, 5.74) is -0.144. The average Bonchev–Trinajstić information content (AvgIpc) is 3.48. The summed E-state index contributed by atoms with van der Waals surface area (Å²) in [6.07, 6.45) is 5.38. The number of methoxy groups -OCH3 is 3. The predicted octanol–water partition coefficient (Wildman–Crippen LogP) is 9.78. The molecule has 0 bridgehead atoms. The lowest BCUT2D eigenvalue weighted by molar-refractivity contribution is 0.101. The first kappa shape index (κ1) is 54.7. The number of halogens is 4. The first-order chi connectivity index (χ1) is 40.8. The molecule has 0 fully saturated rings. The molecule has 6 heterocycles. The summed E-state index contributed by atoms with van der Waals surface area (Å²) >= 11 is 0.